The first kappa shape index (κ1) is 20.8. The van der Waals surface area contributed by atoms with Crippen LogP contribution in [0.15, 0.2) is 36.4 Å². The summed E-state index contributed by atoms with van der Waals surface area (Å²) in [6, 6.07) is 10.8. The molecule has 2 aromatic rings. The number of esters is 1. The zero-order chi connectivity index (χ0) is 20.0. The summed E-state index contributed by atoms with van der Waals surface area (Å²) in [4.78, 5) is 35.5. The number of hydrogen-bond acceptors (Lipinski definition) is 6. The molecule has 0 aliphatic heterocycles. The van der Waals surface area contributed by atoms with Gasteiger partial charge in [0.1, 0.15) is 11.8 Å². The van der Waals surface area contributed by atoms with Crippen LogP contribution in [0.2, 0.25) is 0 Å². The van der Waals surface area contributed by atoms with Gasteiger partial charge in [0, 0.05) is 12.7 Å². The Kier molecular flexibility index (Phi) is 7.24. The molecule has 0 aliphatic carbocycles. The highest BCUT2D eigenvalue weighted by molar-refractivity contribution is 8.13. The van der Waals surface area contributed by atoms with Gasteiger partial charge in [-0.05, 0) is 28.5 Å². The molecule has 0 saturated heterocycles. The van der Waals surface area contributed by atoms with Gasteiger partial charge < -0.3 is 14.8 Å². The fourth-order valence-corrected chi connectivity index (χ4v) is 3.56. The number of benzene rings is 2. The number of thioether (sulfide) groups is 1. The Morgan fingerprint density at radius 3 is 2.37 bits per heavy atom. The molecule has 6 nitrogen and oxygen atoms in total. The van der Waals surface area contributed by atoms with Gasteiger partial charge in [-0.2, -0.15) is 0 Å². The van der Waals surface area contributed by atoms with Crippen LogP contribution in [-0.2, 0) is 19.1 Å². The Morgan fingerprint density at radius 1 is 1.07 bits per heavy atom. The highest BCUT2D eigenvalue weighted by Crippen LogP contribution is 2.28. The van der Waals surface area contributed by atoms with Crippen LogP contribution in [-0.4, -0.2) is 43.0 Å². The minimum atomic E-state index is -0.849. The van der Waals surface area contributed by atoms with Crippen molar-refractivity contribution in [2.24, 2.45) is 0 Å². The molecule has 144 valence electrons. The van der Waals surface area contributed by atoms with Gasteiger partial charge >= 0.3 is 5.97 Å². The number of carbonyl (C=O) groups excluding carboxylic acids is 3. The number of hydrogen-bond donors (Lipinski definition) is 1. The lowest BCUT2D eigenvalue weighted by molar-refractivity contribution is -0.144. The smallest absolute Gasteiger partial charge is 0.329 e. The van der Waals surface area contributed by atoms with Crippen molar-refractivity contribution >= 4 is 39.5 Å². The zero-order valence-electron chi connectivity index (χ0n) is 15.8. The number of fused-ring (bicyclic) bond motifs is 1. The van der Waals surface area contributed by atoms with Gasteiger partial charge in [-0.25, -0.2) is 4.79 Å². The van der Waals surface area contributed by atoms with Gasteiger partial charge in [-0.15, -0.1) is 0 Å². The molecule has 0 radical (unpaired) electrons. The Hall–Kier alpha value is -2.54. The second kappa shape index (κ2) is 9.41. The number of ether oxygens (including phenoxy) is 2. The summed E-state index contributed by atoms with van der Waals surface area (Å²) in [5, 5.41) is 4.47. The van der Waals surface area contributed by atoms with Crippen molar-refractivity contribution in [1.29, 1.82) is 0 Å². The third-order valence-electron chi connectivity index (χ3n) is 4.18. The van der Waals surface area contributed by atoms with E-state index in [1.54, 1.807) is 7.11 Å². The van der Waals surface area contributed by atoms with E-state index in [0.29, 0.717) is 0 Å². The molecule has 7 heteroatoms. The van der Waals surface area contributed by atoms with Crippen molar-refractivity contribution in [3.63, 3.8) is 0 Å². The van der Waals surface area contributed by atoms with Crippen LogP contribution in [0.5, 0.6) is 5.75 Å². The van der Waals surface area contributed by atoms with Crippen molar-refractivity contribution in [1.82, 2.24) is 5.32 Å². The summed E-state index contributed by atoms with van der Waals surface area (Å²) in [6.45, 7) is 3.14. The minimum absolute atomic E-state index is 0.0814. The third-order valence-corrected chi connectivity index (χ3v) is 5.32. The molecule has 27 heavy (non-hydrogen) atoms. The maximum absolute atomic E-state index is 12.6. The molecule has 1 amide bonds. The fourth-order valence-electron chi connectivity index (χ4n) is 2.62. The molecule has 0 heterocycles. The Balaban J connectivity index is 2.08. The summed E-state index contributed by atoms with van der Waals surface area (Å²) in [5.41, 5.74) is 0.888. The van der Waals surface area contributed by atoms with Gasteiger partial charge in [-0.1, -0.05) is 43.0 Å². The number of rotatable bonds is 7. The lowest BCUT2D eigenvalue weighted by Crippen LogP contribution is -2.42. The minimum Gasteiger partial charge on any atom is -0.497 e. The molecule has 2 rings (SSSR count). The molecule has 2 aromatic carbocycles. The number of nitrogens with one attached hydrogen (secondary N) is 1. The Morgan fingerprint density at radius 2 is 1.74 bits per heavy atom. The topological polar surface area (TPSA) is 81.7 Å². The van der Waals surface area contributed by atoms with E-state index in [2.05, 4.69) is 10.1 Å². The predicted octanol–water partition coefficient (Wildman–Crippen LogP) is 2.89. The first-order valence-electron chi connectivity index (χ1n) is 8.45. The second-order valence-corrected chi connectivity index (χ2v) is 7.12. The van der Waals surface area contributed by atoms with Gasteiger partial charge in [0.2, 0.25) is 5.91 Å². The highest BCUT2D eigenvalue weighted by Gasteiger charge is 2.24. The van der Waals surface area contributed by atoms with E-state index in [1.165, 1.54) is 14.0 Å². The van der Waals surface area contributed by atoms with Crippen LogP contribution in [0, 0.1) is 0 Å². The summed E-state index contributed by atoms with van der Waals surface area (Å²) < 4.78 is 9.89. The van der Waals surface area contributed by atoms with E-state index in [0.717, 1.165) is 33.8 Å². The lowest BCUT2D eigenvalue weighted by atomic mass is 9.99. The normalized spacial score (nSPS) is 12.9. The molecular weight excluding hydrogens is 366 g/mol. The van der Waals surface area contributed by atoms with Crippen molar-refractivity contribution in [2.45, 2.75) is 25.8 Å². The summed E-state index contributed by atoms with van der Waals surface area (Å²) in [7, 11) is 2.87. The van der Waals surface area contributed by atoms with Crippen molar-refractivity contribution < 1.29 is 23.9 Å². The monoisotopic (exact) mass is 389 g/mol. The summed E-state index contributed by atoms with van der Waals surface area (Å²) >= 11 is 1.01. The van der Waals surface area contributed by atoms with E-state index in [-0.39, 0.29) is 22.7 Å². The van der Waals surface area contributed by atoms with Crippen molar-refractivity contribution in [2.75, 3.05) is 20.0 Å². The fraction of sp³-hybridized carbons (Fsp3) is 0.350. The van der Waals surface area contributed by atoms with Gasteiger partial charge in [-0.3, -0.25) is 9.59 Å². The Labute approximate surface area is 162 Å². The SMILES string of the molecule is COC(=O)[C@@H](CSC(=O)[C@H](C)c1ccc2cc(OC)ccc2c1)NC(C)=O. The van der Waals surface area contributed by atoms with E-state index < -0.39 is 12.0 Å². The highest BCUT2D eigenvalue weighted by atomic mass is 32.2. The second-order valence-electron chi connectivity index (χ2n) is 6.10. The predicted molar refractivity (Wildman–Crippen MR) is 106 cm³/mol. The molecule has 0 aliphatic rings. The molecule has 0 fully saturated rings. The van der Waals surface area contributed by atoms with Gasteiger partial charge in [0.15, 0.2) is 5.12 Å². The molecule has 2 atom stereocenters. The van der Waals surface area contributed by atoms with E-state index >= 15 is 0 Å². The first-order chi connectivity index (χ1) is 12.8. The lowest BCUT2D eigenvalue weighted by Gasteiger charge is -2.16. The van der Waals surface area contributed by atoms with Crippen LogP contribution < -0.4 is 10.1 Å². The molecule has 0 saturated carbocycles. The van der Waals surface area contributed by atoms with Crippen molar-refractivity contribution in [3.8, 4) is 5.75 Å². The van der Waals surface area contributed by atoms with E-state index in [1.807, 2.05) is 43.3 Å². The first-order valence-corrected chi connectivity index (χ1v) is 9.43. The van der Waals surface area contributed by atoms with Gasteiger partial charge in [0.25, 0.3) is 0 Å². The van der Waals surface area contributed by atoms with E-state index in [9.17, 15) is 14.4 Å². The summed E-state index contributed by atoms with van der Waals surface area (Å²) in [6.07, 6.45) is 0. The molecular formula is C20H23NO5S. The van der Waals surface area contributed by atoms with Crippen molar-refractivity contribution in [3.05, 3.63) is 42.0 Å². The average molecular weight is 389 g/mol. The molecule has 0 unspecified atom stereocenters. The molecule has 0 spiro atoms. The average Bonchev–Trinajstić information content (AvgIpc) is 2.68. The maximum Gasteiger partial charge on any atom is 0.329 e. The quantitative estimate of drug-likeness (QED) is 0.734. The Bertz CT molecular complexity index is 851. The number of methoxy groups -OCH3 is 2. The third kappa shape index (κ3) is 5.47. The van der Waals surface area contributed by atoms with Gasteiger partial charge in [0.05, 0.1) is 20.1 Å². The zero-order valence-corrected chi connectivity index (χ0v) is 16.6. The summed E-state index contributed by atoms with van der Waals surface area (Å²) in [5.74, 6) is -0.367. The number of amides is 1. The number of carbonyl (C=O) groups is 3. The maximum atomic E-state index is 12.6. The van der Waals surface area contributed by atoms with Crippen LogP contribution >= 0.6 is 11.8 Å². The largest absolute Gasteiger partial charge is 0.497 e. The molecule has 1 N–H and O–H groups in total. The van der Waals surface area contributed by atoms with E-state index in [4.69, 9.17) is 4.74 Å². The van der Waals surface area contributed by atoms with Crippen LogP contribution in [0.3, 0.4) is 0 Å². The van der Waals surface area contributed by atoms with Crippen LogP contribution in [0.1, 0.15) is 25.3 Å². The standard InChI is InChI=1S/C20H23NO5S/c1-12(20(24)27-11-18(19(23)26-4)21-13(2)22)14-5-6-16-10-17(25-3)8-7-15(16)9-14/h5-10,12,18H,11H2,1-4H3,(H,21,22)/t12-,18-/m1/s1. The molecule has 0 bridgehead atoms. The van der Waals surface area contributed by atoms with Crippen LogP contribution in [0.25, 0.3) is 10.8 Å². The molecule has 0 aromatic heterocycles. The van der Waals surface area contributed by atoms with Crippen LogP contribution in [0.4, 0.5) is 0 Å².